The van der Waals surface area contributed by atoms with Crippen molar-refractivity contribution in [2.24, 2.45) is 9.98 Å². The summed E-state index contributed by atoms with van der Waals surface area (Å²) >= 11 is 13.5. The van der Waals surface area contributed by atoms with Crippen LogP contribution in [0, 0.1) is 21.4 Å². The Bertz CT molecular complexity index is 1130. The Balaban J connectivity index is 0.000000380. The van der Waals surface area contributed by atoms with Crippen LogP contribution in [0.25, 0.3) is 0 Å². The second-order valence-electron chi connectivity index (χ2n) is 8.17. The number of halogens is 6. The molecular formula is C24H26I6N4O4. The maximum absolute atomic E-state index is 10.7. The Morgan fingerprint density at radius 1 is 0.684 bits per heavy atom. The summed E-state index contributed by atoms with van der Waals surface area (Å²) in [6.07, 6.45) is 4.87. The van der Waals surface area contributed by atoms with Gasteiger partial charge in [-0.2, -0.15) is 0 Å². The van der Waals surface area contributed by atoms with Crippen molar-refractivity contribution in [3.8, 4) is 0 Å². The lowest BCUT2D eigenvalue weighted by Crippen LogP contribution is -2.08. The van der Waals surface area contributed by atoms with Crippen molar-refractivity contribution in [1.29, 1.82) is 0 Å². The highest BCUT2D eigenvalue weighted by Gasteiger charge is 2.15. The van der Waals surface area contributed by atoms with Crippen LogP contribution in [-0.2, 0) is 22.4 Å². The average molecular weight is 1200 g/mol. The Morgan fingerprint density at radius 2 is 1.00 bits per heavy atom. The summed E-state index contributed by atoms with van der Waals surface area (Å²) in [7, 11) is 7.67. The average Bonchev–Trinajstić information content (AvgIpc) is 2.77. The smallest absolute Gasteiger partial charge is 0.303 e. The molecule has 2 rings (SSSR count). The summed E-state index contributed by atoms with van der Waals surface area (Å²) in [5, 5.41) is 17.6. The third kappa shape index (κ3) is 12.7. The number of aliphatic imine (C=N–C) groups is 2. The molecule has 0 amide bonds. The molecule has 2 aromatic rings. The van der Waals surface area contributed by atoms with Gasteiger partial charge in [0.15, 0.2) is 0 Å². The Hall–Kier alpha value is 0.700. The van der Waals surface area contributed by atoms with Crippen LogP contribution in [0.4, 0.5) is 11.4 Å². The normalized spacial score (nSPS) is 11.0. The van der Waals surface area contributed by atoms with Crippen molar-refractivity contribution in [1.82, 2.24) is 9.80 Å². The van der Waals surface area contributed by atoms with E-state index in [0.29, 0.717) is 12.8 Å². The number of carboxylic acids is 2. The van der Waals surface area contributed by atoms with Gasteiger partial charge in [-0.25, -0.2) is 9.98 Å². The van der Waals surface area contributed by atoms with E-state index >= 15 is 0 Å². The largest absolute Gasteiger partial charge is 0.481 e. The molecular weight excluding hydrogens is 1170 g/mol. The lowest BCUT2D eigenvalue weighted by atomic mass is 10.1. The number of nitrogens with zero attached hydrogens (tertiary/aromatic N) is 4. The van der Waals surface area contributed by atoms with Crippen molar-refractivity contribution >= 4 is 172 Å². The fourth-order valence-electron chi connectivity index (χ4n) is 2.74. The fourth-order valence-corrected chi connectivity index (χ4v) is 11.1. The molecule has 0 aliphatic carbocycles. The molecule has 38 heavy (non-hydrogen) atoms. The third-order valence-electron chi connectivity index (χ3n) is 4.49. The lowest BCUT2D eigenvalue weighted by molar-refractivity contribution is -0.138. The van der Waals surface area contributed by atoms with Crippen molar-refractivity contribution < 1.29 is 19.8 Å². The number of hydrogen-bond donors (Lipinski definition) is 2. The molecule has 0 aromatic heterocycles. The molecule has 0 spiro atoms. The van der Waals surface area contributed by atoms with Gasteiger partial charge in [0.2, 0.25) is 0 Å². The molecule has 2 N–H and O–H groups in total. The highest BCUT2D eigenvalue weighted by atomic mass is 127. The zero-order chi connectivity index (χ0) is 29.2. The molecule has 0 heterocycles. The molecule has 14 heteroatoms. The minimum atomic E-state index is -0.775. The van der Waals surface area contributed by atoms with Gasteiger partial charge in [-0.05, 0) is 172 Å². The van der Waals surface area contributed by atoms with Crippen LogP contribution in [0.3, 0.4) is 0 Å². The monoisotopic (exact) mass is 1200 g/mol. The van der Waals surface area contributed by atoms with Gasteiger partial charge >= 0.3 is 11.9 Å². The zero-order valence-corrected chi connectivity index (χ0v) is 33.9. The Kier molecular flexibility index (Phi) is 17.7. The molecule has 0 saturated heterocycles. The van der Waals surface area contributed by atoms with Crippen molar-refractivity contribution in [2.45, 2.75) is 25.7 Å². The second-order valence-corrected chi connectivity index (χ2v) is 15.0. The van der Waals surface area contributed by atoms with E-state index in [-0.39, 0.29) is 12.8 Å². The van der Waals surface area contributed by atoms with Crippen LogP contribution in [0.15, 0.2) is 22.1 Å². The van der Waals surface area contributed by atoms with Gasteiger partial charge in [-0.3, -0.25) is 9.59 Å². The van der Waals surface area contributed by atoms with Crippen LogP contribution >= 0.6 is 136 Å². The SMILES string of the molecule is CN(C)C=Nc1c(I)cc(I)c(CCC(=O)O)c1I.CN(C)C=Nc1c(I)cc(I)c(CCC(=O)O)c1I. The quantitative estimate of drug-likeness (QED) is 0.145. The molecule has 208 valence electrons. The van der Waals surface area contributed by atoms with E-state index in [1.54, 1.807) is 12.7 Å². The van der Waals surface area contributed by atoms with Crippen LogP contribution in [0.1, 0.15) is 24.0 Å². The Morgan fingerprint density at radius 3 is 1.26 bits per heavy atom. The molecule has 2 aromatic carbocycles. The first-order chi connectivity index (χ1) is 17.6. The summed E-state index contributed by atoms with van der Waals surface area (Å²) in [5.41, 5.74) is 3.95. The molecule has 0 radical (unpaired) electrons. The molecule has 0 aliphatic rings. The summed E-state index contributed by atoms with van der Waals surface area (Å²) < 4.78 is 6.40. The minimum absolute atomic E-state index is 0.142. The number of aliphatic carboxylic acids is 2. The predicted octanol–water partition coefficient (Wildman–Crippen LogP) is 7.48. The van der Waals surface area contributed by atoms with Crippen LogP contribution in [0.2, 0.25) is 0 Å². The number of hydrogen-bond acceptors (Lipinski definition) is 4. The number of carboxylic acid groups (broad SMARTS) is 2. The van der Waals surface area contributed by atoms with E-state index in [4.69, 9.17) is 10.2 Å². The van der Waals surface area contributed by atoms with Gasteiger partial charge in [-0.15, -0.1) is 0 Å². The number of carbonyl (C=O) groups is 2. The fraction of sp³-hybridized carbons (Fsp3) is 0.333. The third-order valence-corrected chi connectivity index (χ3v) is 10.4. The van der Waals surface area contributed by atoms with Crippen LogP contribution < -0.4 is 0 Å². The molecule has 0 atom stereocenters. The summed E-state index contributed by atoms with van der Waals surface area (Å²) in [5.74, 6) is -1.55. The van der Waals surface area contributed by atoms with Crippen LogP contribution in [0.5, 0.6) is 0 Å². The maximum atomic E-state index is 10.7. The van der Waals surface area contributed by atoms with Gasteiger partial charge in [0, 0.05) is 62.5 Å². The van der Waals surface area contributed by atoms with E-state index in [1.165, 1.54) is 0 Å². The summed E-state index contributed by atoms with van der Waals surface area (Å²) in [6, 6.07) is 4.09. The summed E-state index contributed by atoms with van der Waals surface area (Å²) in [4.78, 5) is 34.1. The summed E-state index contributed by atoms with van der Waals surface area (Å²) in [6.45, 7) is 0. The first kappa shape index (κ1) is 36.7. The molecule has 0 unspecified atom stereocenters. The molecule has 8 nitrogen and oxygen atoms in total. The minimum Gasteiger partial charge on any atom is -0.481 e. The van der Waals surface area contributed by atoms with E-state index in [2.05, 4.69) is 146 Å². The molecule has 0 aliphatic heterocycles. The zero-order valence-electron chi connectivity index (χ0n) is 20.9. The van der Waals surface area contributed by atoms with Gasteiger partial charge in [0.05, 0.1) is 24.1 Å². The van der Waals surface area contributed by atoms with Gasteiger partial charge < -0.3 is 20.0 Å². The van der Waals surface area contributed by atoms with E-state index in [9.17, 15) is 9.59 Å². The van der Waals surface area contributed by atoms with Gasteiger partial charge in [-0.1, -0.05) is 0 Å². The highest BCUT2D eigenvalue weighted by Crippen LogP contribution is 2.35. The second kappa shape index (κ2) is 18.3. The lowest BCUT2D eigenvalue weighted by Gasteiger charge is -2.12. The molecule has 0 saturated carbocycles. The first-order valence-electron chi connectivity index (χ1n) is 10.8. The topological polar surface area (TPSA) is 106 Å². The van der Waals surface area contributed by atoms with E-state index < -0.39 is 11.9 Å². The van der Waals surface area contributed by atoms with Crippen molar-refractivity contribution in [3.63, 3.8) is 0 Å². The standard InChI is InChI=1S/2C12H13I3N2O2/c2*1-17(2)6-16-12-9(14)5-8(13)7(11(12)15)3-4-10(18)19/h2*5-6H,3-4H2,1-2H3,(H,18,19). The maximum Gasteiger partial charge on any atom is 0.303 e. The highest BCUT2D eigenvalue weighted by molar-refractivity contribution is 14.1. The molecule has 0 fully saturated rings. The van der Waals surface area contributed by atoms with Crippen LogP contribution in [-0.4, -0.2) is 72.8 Å². The molecule has 0 bridgehead atoms. The number of benzene rings is 2. The van der Waals surface area contributed by atoms with E-state index in [0.717, 1.165) is 43.9 Å². The van der Waals surface area contributed by atoms with E-state index in [1.807, 2.05) is 50.1 Å². The van der Waals surface area contributed by atoms with Crippen molar-refractivity contribution in [3.05, 3.63) is 44.7 Å². The van der Waals surface area contributed by atoms with Gasteiger partial charge in [0.25, 0.3) is 0 Å². The van der Waals surface area contributed by atoms with Crippen molar-refractivity contribution in [2.75, 3.05) is 28.2 Å². The van der Waals surface area contributed by atoms with Gasteiger partial charge in [0.1, 0.15) is 0 Å². The first-order valence-corrected chi connectivity index (χ1v) is 17.3. The number of rotatable bonds is 10. The predicted molar refractivity (Wildman–Crippen MR) is 205 cm³/mol. The Labute approximate surface area is 305 Å².